The molecule has 1 saturated heterocycles. The minimum Gasteiger partial charge on any atom is -0.383 e. The van der Waals surface area contributed by atoms with Crippen LogP contribution in [0.4, 0.5) is 4.39 Å². The summed E-state index contributed by atoms with van der Waals surface area (Å²) in [6.45, 7) is 3.08. The number of benzene rings is 1. The summed E-state index contributed by atoms with van der Waals surface area (Å²) in [6.07, 6.45) is 1.82. The number of halogens is 2. The van der Waals surface area contributed by atoms with E-state index >= 15 is 0 Å². The number of aryl methyl sites for hydroxylation is 1. The van der Waals surface area contributed by atoms with Crippen molar-refractivity contribution in [3.63, 3.8) is 0 Å². The second-order valence-corrected chi connectivity index (χ2v) is 7.25. The van der Waals surface area contributed by atoms with E-state index in [9.17, 15) is 12.8 Å². The molecule has 1 heterocycles. The lowest BCUT2D eigenvalue weighted by atomic mass is 9.99. The van der Waals surface area contributed by atoms with Gasteiger partial charge in [-0.25, -0.2) is 17.5 Å². The summed E-state index contributed by atoms with van der Waals surface area (Å²) in [5.41, 5.74) is 0.0349. The molecule has 1 aliphatic rings. The first-order valence-electron chi connectivity index (χ1n) is 6.88. The topological polar surface area (TPSA) is 67.4 Å². The van der Waals surface area contributed by atoms with Crippen molar-refractivity contribution in [1.29, 1.82) is 0 Å². The summed E-state index contributed by atoms with van der Waals surface area (Å²) in [6, 6.07) is 3.91. The van der Waals surface area contributed by atoms with Gasteiger partial charge in [0.2, 0.25) is 10.0 Å². The smallest absolute Gasteiger partial charge is 0.240 e. The van der Waals surface area contributed by atoms with Crippen LogP contribution in [0.1, 0.15) is 18.4 Å². The molecule has 0 saturated carbocycles. The SMILES string of the molecule is COCC1(CNS(=O)(=O)c2ccc(C)c(F)c2)CCCN1.Cl. The first-order chi connectivity index (χ1) is 9.88. The molecule has 1 atom stereocenters. The Morgan fingerprint density at radius 1 is 1.45 bits per heavy atom. The minimum absolute atomic E-state index is 0. The van der Waals surface area contributed by atoms with E-state index in [0.29, 0.717) is 12.2 Å². The number of sulfonamides is 1. The van der Waals surface area contributed by atoms with Crippen LogP contribution in [0.25, 0.3) is 0 Å². The largest absolute Gasteiger partial charge is 0.383 e. The van der Waals surface area contributed by atoms with E-state index in [2.05, 4.69) is 10.0 Å². The van der Waals surface area contributed by atoms with Crippen LogP contribution < -0.4 is 10.0 Å². The summed E-state index contributed by atoms with van der Waals surface area (Å²) >= 11 is 0. The van der Waals surface area contributed by atoms with Crippen molar-refractivity contribution in [3.05, 3.63) is 29.6 Å². The van der Waals surface area contributed by atoms with Gasteiger partial charge in [-0.3, -0.25) is 0 Å². The summed E-state index contributed by atoms with van der Waals surface area (Å²) in [5.74, 6) is -0.525. The maximum absolute atomic E-state index is 13.5. The summed E-state index contributed by atoms with van der Waals surface area (Å²) in [4.78, 5) is -0.0591. The quantitative estimate of drug-likeness (QED) is 0.816. The van der Waals surface area contributed by atoms with Gasteiger partial charge in [0.1, 0.15) is 5.82 Å². The van der Waals surface area contributed by atoms with Gasteiger partial charge in [0.05, 0.1) is 17.0 Å². The van der Waals surface area contributed by atoms with Gasteiger partial charge in [-0.15, -0.1) is 12.4 Å². The molecular formula is C14H22ClFN2O3S. The van der Waals surface area contributed by atoms with Gasteiger partial charge in [0.15, 0.2) is 0 Å². The van der Waals surface area contributed by atoms with Crippen LogP contribution in [0.15, 0.2) is 23.1 Å². The number of ether oxygens (including phenoxy) is 1. The molecule has 2 N–H and O–H groups in total. The fourth-order valence-corrected chi connectivity index (χ4v) is 3.67. The fraction of sp³-hybridized carbons (Fsp3) is 0.571. The molecule has 0 radical (unpaired) electrons. The van der Waals surface area contributed by atoms with E-state index in [-0.39, 0.29) is 29.4 Å². The summed E-state index contributed by atoms with van der Waals surface area (Å²) < 4.78 is 45.8. The second-order valence-electron chi connectivity index (χ2n) is 5.48. The Morgan fingerprint density at radius 2 is 2.18 bits per heavy atom. The average molecular weight is 353 g/mol. The number of rotatable bonds is 6. The molecule has 0 spiro atoms. The van der Waals surface area contributed by atoms with E-state index < -0.39 is 15.8 Å². The Hall–Kier alpha value is -0.730. The number of methoxy groups -OCH3 is 1. The Labute approximate surface area is 137 Å². The van der Waals surface area contributed by atoms with E-state index in [1.165, 1.54) is 12.1 Å². The maximum atomic E-state index is 13.5. The highest BCUT2D eigenvalue weighted by Gasteiger charge is 2.34. The normalized spacial score (nSPS) is 21.6. The van der Waals surface area contributed by atoms with Gasteiger partial charge in [0, 0.05) is 13.7 Å². The van der Waals surface area contributed by atoms with Gasteiger partial charge < -0.3 is 10.1 Å². The molecule has 5 nitrogen and oxygen atoms in total. The lowest BCUT2D eigenvalue weighted by Crippen LogP contribution is -2.52. The molecule has 126 valence electrons. The summed E-state index contributed by atoms with van der Waals surface area (Å²) in [7, 11) is -2.14. The first kappa shape index (κ1) is 19.3. The number of nitrogens with one attached hydrogen (secondary N) is 2. The molecule has 0 aromatic heterocycles. The highest BCUT2D eigenvalue weighted by Crippen LogP contribution is 2.20. The predicted octanol–water partition coefficient (Wildman–Crippen LogP) is 1.60. The zero-order valence-corrected chi connectivity index (χ0v) is 14.3. The van der Waals surface area contributed by atoms with Gasteiger partial charge in [-0.05, 0) is 44.0 Å². The molecule has 0 bridgehead atoms. The van der Waals surface area contributed by atoms with Crippen LogP contribution >= 0.6 is 12.4 Å². The Morgan fingerprint density at radius 3 is 2.73 bits per heavy atom. The molecule has 0 amide bonds. The lowest BCUT2D eigenvalue weighted by Gasteiger charge is -2.28. The number of hydrogen-bond donors (Lipinski definition) is 2. The standard InChI is InChI=1S/C14H21FN2O3S.ClH/c1-11-4-5-12(8-13(11)15)21(18,19)17-9-14(10-20-2)6-3-7-16-14;/h4-5,8,16-17H,3,6-7,9-10H2,1-2H3;1H. The highest BCUT2D eigenvalue weighted by atomic mass is 35.5. The molecular weight excluding hydrogens is 331 g/mol. The van der Waals surface area contributed by atoms with Crippen LogP contribution in [-0.2, 0) is 14.8 Å². The molecule has 1 aromatic rings. The van der Waals surface area contributed by atoms with Crippen molar-refractivity contribution in [2.75, 3.05) is 26.8 Å². The predicted molar refractivity (Wildman–Crippen MR) is 85.4 cm³/mol. The van der Waals surface area contributed by atoms with Crippen LogP contribution in [0.2, 0.25) is 0 Å². The van der Waals surface area contributed by atoms with Crippen molar-refractivity contribution in [2.24, 2.45) is 0 Å². The molecule has 22 heavy (non-hydrogen) atoms. The van der Waals surface area contributed by atoms with Crippen molar-refractivity contribution in [1.82, 2.24) is 10.0 Å². The van der Waals surface area contributed by atoms with Crippen LogP contribution in [-0.4, -0.2) is 40.8 Å². The van der Waals surface area contributed by atoms with Crippen molar-refractivity contribution >= 4 is 22.4 Å². The summed E-state index contributed by atoms with van der Waals surface area (Å²) in [5, 5.41) is 3.29. The molecule has 1 unspecified atom stereocenters. The lowest BCUT2D eigenvalue weighted by molar-refractivity contribution is 0.122. The van der Waals surface area contributed by atoms with Gasteiger partial charge in [0.25, 0.3) is 0 Å². The molecule has 1 fully saturated rings. The molecule has 2 rings (SSSR count). The molecule has 0 aliphatic carbocycles. The third-order valence-corrected chi connectivity index (χ3v) is 5.21. The van der Waals surface area contributed by atoms with E-state index in [0.717, 1.165) is 25.5 Å². The third-order valence-electron chi connectivity index (χ3n) is 3.81. The van der Waals surface area contributed by atoms with Gasteiger partial charge in [-0.1, -0.05) is 6.07 Å². The fourth-order valence-electron chi connectivity index (χ4n) is 2.53. The van der Waals surface area contributed by atoms with Crippen LogP contribution in [0.3, 0.4) is 0 Å². The zero-order chi connectivity index (χ0) is 15.5. The minimum atomic E-state index is -3.73. The van der Waals surface area contributed by atoms with Crippen molar-refractivity contribution < 1.29 is 17.5 Å². The maximum Gasteiger partial charge on any atom is 0.240 e. The Kier molecular flexibility index (Phi) is 6.76. The highest BCUT2D eigenvalue weighted by molar-refractivity contribution is 7.89. The van der Waals surface area contributed by atoms with Crippen molar-refractivity contribution in [3.8, 4) is 0 Å². The Bertz CT molecular complexity index is 604. The van der Waals surface area contributed by atoms with Gasteiger partial charge >= 0.3 is 0 Å². The van der Waals surface area contributed by atoms with E-state index in [4.69, 9.17) is 4.74 Å². The monoisotopic (exact) mass is 352 g/mol. The molecule has 8 heteroatoms. The Balaban J connectivity index is 0.00000242. The van der Waals surface area contributed by atoms with E-state index in [1.54, 1.807) is 14.0 Å². The second kappa shape index (κ2) is 7.70. The third kappa shape index (κ3) is 4.39. The zero-order valence-electron chi connectivity index (χ0n) is 12.7. The van der Waals surface area contributed by atoms with E-state index in [1.807, 2.05) is 0 Å². The average Bonchev–Trinajstić information content (AvgIpc) is 2.89. The van der Waals surface area contributed by atoms with Crippen LogP contribution in [0, 0.1) is 12.7 Å². The van der Waals surface area contributed by atoms with Crippen molar-refractivity contribution in [2.45, 2.75) is 30.2 Å². The number of hydrogen-bond acceptors (Lipinski definition) is 4. The first-order valence-corrected chi connectivity index (χ1v) is 8.37. The van der Waals surface area contributed by atoms with Gasteiger partial charge in [-0.2, -0.15) is 0 Å². The molecule has 1 aromatic carbocycles. The van der Waals surface area contributed by atoms with Crippen LogP contribution in [0.5, 0.6) is 0 Å². The molecule has 1 aliphatic heterocycles.